The second kappa shape index (κ2) is 10.8. The standard InChI is InChI=1S/C23H25N5O6S2/c1-13-5-4-7-27-18(13)25-19(26-8-6-24-20(30)15(26)12-17(29)34-3)14(21(27)31)11-16-22(32)28(9-10-33-2)23(35)36-16/h4-5,7,11,15H,6,8-10,12H2,1-3H3,(H,24,30)/b16-11-/t15-/m0/s1. The fourth-order valence-electron chi connectivity index (χ4n) is 4.06. The van der Waals surface area contributed by atoms with E-state index in [9.17, 15) is 19.2 Å². The van der Waals surface area contributed by atoms with Gasteiger partial charge >= 0.3 is 5.97 Å². The fourth-order valence-corrected chi connectivity index (χ4v) is 5.35. The van der Waals surface area contributed by atoms with E-state index in [0.717, 1.165) is 17.3 Å². The van der Waals surface area contributed by atoms with Gasteiger partial charge in [-0.2, -0.15) is 0 Å². The molecule has 2 aliphatic rings. The lowest BCUT2D eigenvalue weighted by atomic mass is 10.1. The second-order valence-electron chi connectivity index (χ2n) is 8.15. The summed E-state index contributed by atoms with van der Waals surface area (Å²) in [6, 6.07) is 2.61. The zero-order chi connectivity index (χ0) is 26.0. The number of amides is 2. The van der Waals surface area contributed by atoms with Gasteiger partial charge in [-0.25, -0.2) is 4.98 Å². The third kappa shape index (κ3) is 4.86. The molecule has 2 fully saturated rings. The molecule has 0 saturated carbocycles. The van der Waals surface area contributed by atoms with Crippen molar-refractivity contribution in [3.63, 3.8) is 0 Å². The Balaban J connectivity index is 1.89. The number of carbonyl (C=O) groups excluding carboxylic acids is 3. The monoisotopic (exact) mass is 531 g/mol. The number of thiocarbonyl (C=S) groups is 1. The Bertz CT molecular complexity index is 1340. The Morgan fingerprint density at radius 1 is 1.33 bits per heavy atom. The molecule has 0 bridgehead atoms. The van der Waals surface area contributed by atoms with Gasteiger partial charge in [-0.3, -0.25) is 28.5 Å². The maximum Gasteiger partial charge on any atom is 0.308 e. The predicted octanol–water partition coefficient (Wildman–Crippen LogP) is 0.718. The van der Waals surface area contributed by atoms with Gasteiger partial charge in [0.1, 0.15) is 21.8 Å². The summed E-state index contributed by atoms with van der Waals surface area (Å²) in [6.45, 7) is 3.01. The summed E-state index contributed by atoms with van der Waals surface area (Å²) in [7, 11) is 2.78. The summed E-state index contributed by atoms with van der Waals surface area (Å²) in [6.07, 6.45) is 2.83. The topological polar surface area (TPSA) is 123 Å². The smallest absolute Gasteiger partial charge is 0.308 e. The van der Waals surface area contributed by atoms with Gasteiger partial charge in [0.2, 0.25) is 5.91 Å². The zero-order valence-electron chi connectivity index (χ0n) is 20.0. The average Bonchev–Trinajstić information content (AvgIpc) is 3.13. The molecule has 36 heavy (non-hydrogen) atoms. The minimum absolute atomic E-state index is 0.120. The average molecular weight is 532 g/mol. The van der Waals surface area contributed by atoms with Crippen molar-refractivity contribution in [2.75, 3.05) is 45.4 Å². The van der Waals surface area contributed by atoms with Crippen molar-refractivity contribution in [2.45, 2.75) is 19.4 Å². The molecule has 0 aromatic carbocycles. The molecule has 2 aromatic heterocycles. The molecule has 2 aliphatic heterocycles. The van der Waals surface area contributed by atoms with E-state index in [0.29, 0.717) is 29.7 Å². The highest BCUT2D eigenvalue weighted by atomic mass is 32.2. The van der Waals surface area contributed by atoms with Crippen LogP contribution in [0.3, 0.4) is 0 Å². The van der Waals surface area contributed by atoms with Gasteiger partial charge < -0.3 is 19.7 Å². The molecule has 2 saturated heterocycles. The number of thioether (sulfide) groups is 1. The summed E-state index contributed by atoms with van der Waals surface area (Å²) < 4.78 is 11.6. The summed E-state index contributed by atoms with van der Waals surface area (Å²) in [4.78, 5) is 59.7. The number of nitrogens with zero attached hydrogens (tertiary/aromatic N) is 4. The van der Waals surface area contributed by atoms with Crippen LogP contribution >= 0.6 is 24.0 Å². The molecule has 2 aromatic rings. The van der Waals surface area contributed by atoms with E-state index in [-0.39, 0.29) is 41.1 Å². The highest BCUT2D eigenvalue weighted by Gasteiger charge is 2.36. The number of hydrogen-bond donors (Lipinski definition) is 1. The van der Waals surface area contributed by atoms with E-state index in [1.54, 1.807) is 17.2 Å². The van der Waals surface area contributed by atoms with Gasteiger partial charge in [-0.05, 0) is 24.6 Å². The van der Waals surface area contributed by atoms with Crippen molar-refractivity contribution < 1.29 is 23.9 Å². The molecule has 1 atom stereocenters. The van der Waals surface area contributed by atoms with Crippen molar-refractivity contribution in [1.29, 1.82) is 0 Å². The van der Waals surface area contributed by atoms with Crippen LogP contribution in [0.15, 0.2) is 28.0 Å². The van der Waals surface area contributed by atoms with E-state index in [4.69, 9.17) is 26.7 Å². The Morgan fingerprint density at radius 2 is 2.11 bits per heavy atom. The van der Waals surface area contributed by atoms with Gasteiger partial charge in [0.25, 0.3) is 11.5 Å². The van der Waals surface area contributed by atoms with Crippen molar-refractivity contribution in [3.05, 3.63) is 44.7 Å². The number of fused-ring (bicyclic) bond motifs is 1. The lowest BCUT2D eigenvalue weighted by Gasteiger charge is -2.36. The normalized spacial score (nSPS) is 19.4. The van der Waals surface area contributed by atoms with Gasteiger partial charge in [0.15, 0.2) is 0 Å². The number of carbonyl (C=O) groups is 3. The third-order valence-corrected chi connectivity index (χ3v) is 7.30. The molecule has 0 radical (unpaired) electrons. The molecule has 0 unspecified atom stereocenters. The van der Waals surface area contributed by atoms with Crippen LogP contribution in [0.5, 0.6) is 0 Å². The predicted molar refractivity (Wildman–Crippen MR) is 139 cm³/mol. The molecule has 1 N–H and O–H groups in total. The number of aromatic nitrogens is 2. The molecule has 2 amide bonds. The van der Waals surface area contributed by atoms with Crippen molar-refractivity contribution in [1.82, 2.24) is 19.6 Å². The van der Waals surface area contributed by atoms with Crippen LogP contribution < -0.4 is 15.8 Å². The molecule has 4 heterocycles. The number of esters is 1. The molecular formula is C23H25N5O6S2. The first-order valence-corrected chi connectivity index (χ1v) is 12.4. The van der Waals surface area contributed by atoms with Crippen LogP contribution in [-0.2, 0) is 23.9 Å². The van der Waals surface area contributed by atoms with Crippen LogP contribution in [0, 0.1) is 6.92 Å². The van der Waals surface area contributed by atoms with Crippen LogP contribution in [0.25, 0.3) is 11.7 Å². The number of nitrogens with one attached hydrogen (secondary N) is 1. The number of rotatable bonds is 7. The third-order valence-electron chi connectivity index (χ3n) is 5.92. The van der Waals surface area contributed by atoms with Crippen LogP contribution in [-0.4, -0.2) is 82.9 Å². The number of piperazine rings is 1. The first-order valence-electron chi connectivity index (χ1n) is 11.1. The molecule has 4 rings (SSSR count). The van der Waals surface area contributed by atoms with Crippen LogP contribution in [0.4, 0.5) is 5.82 Å². The molecule has 13 heteroatoms. The fraction of sp³-hybridized carbons (Fsp3) is 0.391. The Kier molecular flexibility index (Phi) is 7.71. The quantitative estimate of drug-likeness (QED) is 0.311. The Morgan fingerprint density at radius 3 is 2.83 bits per heavy atom. The van der Waals surface area contributed by atoms with E-state index in [2.05, 4.69) is 5.32 Å². The summed E-state index contributed by atoms with van der Waals surface area (Å²) >= 11 is 6.44. The number of anilines is 1. The minimum atomic E-state index is -0.937. The summed E-state index contributed by atoms with van der Waals surface area (Å²) in [5.41, 5.74) is 0.864. The van der Waals surface area contributed by atoms with Gasteiger partial charge in [0, 0.05) is 26.4 Å². The lowest BCUT2D eigenvalue weighted by Crippen LogP contribution is -2.57. The van der Waals surface area contributed by atoms with Crippen molar-refractivity contribution in [3.8, 4) is 0 Å². The van der Waals surface area contributed by atoms with Crippen LogP contribution in [0.2, 0.25) is 0 Å². The largest absolute Gasteiger partial charge is 0.469 e. The number of aryl methyl sites for hydroxylation is 1. The van der Waals surface area contributed by atoms with Crippen molar-refractivity contribution >= 4 is 63.6 Å². The second-order valence-corrected chi connectivity index (χ2v) is 9.82. The van der Waals surface area contributed by atoms with Gasteiger partial charge in [0.05, 0.1) is 37.2 Å². The highest BCUT2D eigenvalue weighted by molar-refractivity contribution is 8.26. The maximum atomic E-state index is 13.7. The van der Waals surface area contributed by atoms with E-state index in [1.165, 1.54) is 29.6 Å². The van der Waals surface area contributed by atoms with Crippen LogP contribution in [0.1, 0.15) is 17.5 Å². The number of methoxy groups -OCH3 is 2. The summed E-state index contributed by atoms with van der Waals surface area (Å²) in [5.74, 6) is -1.09. The van der Waals surface area contributed by atoms with E-state index < -0.39 is 17.6 Å². The molecular weight excluding hydrogens is 506 g/mol. The molecule has 0 aliphatic carbocycles. The molecule has 11 nitrogen and oxygen atoms in total. The van der Waals surface area contributed by atoms with Gasteiger partial charge in [-0.15, -0.1) is 0 Å². The number of pyridine rings is 1. The van der Waals surface area contributed by atoms with Crippen molar-refractivity contribution in [2.24, 2.45) is 0 Å². The molecule has 0 spiro atoms. The SMILES string of the molecule is COCCN1C(=O)/C(=C/c2c(N3CCNC(=O)[C@@H]3CC(=O)OC)nc3c(C)cccn3c2=O)SC1=S. The minimum Gasteiger partial charge on any atom is -0.469 e. The Hall–Kier alpha value is -3.29. The zero-order valence-corrected chi connectivity index (χ0v) is 21.6. The molecule has 190 valence electrons. The number of ether oxygens (including phenoxy) is 2. The van der Waals surface area contributed by atoms with Gasteiger partial charge in [-0.1, -0.05) is 30.0 Å². The maximum absolute atomic E-state index is 13.7. The van der Waals surface area contributed by atoms with E-state index in [1.807, 2.05) is 13.0 Å². The highest BCUT2D eigenvalue weighted by Crippen LogP contribution is 2.34. The Labute approximate surface area is 216 Å². The van der Waals surface area contributed by atoms with E-state index >= 15 is 0 Å². The summed E-state index contributed by atoms with van der Waals surface area (Å²) in [5, 5.41) is 2.75. The first-order chi connectivity index (χ1) is 17.3. The number of hydrogen-bond acceptors (Lipinski definition) is 10. The first kappa shape index (κ1) is 25.8. The lowest BCUT2D eigenvalue weighted by molar-refractivity contribution is -0.143.